The third kappa shape index (κ3) is 7.39. The van der Waals surface area contributed by atoms with Crippen LogP contribution >= 0.6 is 0 Å². The molecule has 1 heterocycles. The average molecular weight is 424 g/mol. The molecule has 2 rings (SSSR count). The maximum atomic E-state index is 12.8. The predicted octanol–water partition coefficient (Wildman–Crippen LogP) is 2.78. The molecule has 0 aromatic heterocycles. The van der Waals surface area contributed by atoms with Gasteiger partial charge in [0.15, 0.2) is 0 Å². The second kappa shape index (κ2) is 11.7. The van der Waals surface area contributed by atoms with Crippen LogP contribution in [0, 0.1) is 0 Å². The molecular weight excluding hydrogens is 386 g/mol. The largest absolute Gasteiger partial charge is 0.355 e. The molecule has 0 bridgehead atoms. The lowest BCUT2D eigenvalue weighted by molar-refractivity contribution is -0.125. The number of carbonyl (C=O) groups is 1. The normalized spacial score (nSPS) is 17.3. The molecule has 1 unspecified atom stereocenters. The molecule has 1 N–H and O–H groups in total. The zero-order valence-corrected chi connectivity index (χ0v) is 19.0. The maximum absolute atomic E-state index is 12.8. The van der Waals surface area contributed by atoms with E-state index in [4.69, 9.17) is 0 Å². The summed E-state index contributed by atoms with van der Waals surface area (Å²) in [5.74, 6) is -0.196. The Kier molecular flexibility index (Phi) is 9.59. The third-order valence-electron chi connectivity index (χ3n) is 5.54. The minimum absolute atomic E-state index is 0.196. The molecular formula is C22H37N3O3S. The molecule has 6 nitrogen and oxygen atoms in total. The van der Waals surface area contributed by atoms with Crippen molar-refractivity contribution >= 4 is 15.9 Å². The molecule has 164 valence electrons. The first kappa shape index (κ1) is 23.8. The number of hydrogen-bond donors (Lipinski definition) is 1. The summed E-state index contributed by atoms with van der Waals surface area (Å²) in [6.45, 7) is 8.40. The number of sulfonamides is 1. The topological polar surface area (TPSA) is 69.7 Å². The van der Waals surface area contributed by atoms with Crippen LogP contribution in [-0.2, 0) is 27.8 Å². The van der Waals surface area contributed by atoms with E-state index in [1.54, 1.807) is 0 Å². The van der Waals surface area contributed by atoms with E-state index in [-0.39, 0.29) is 12.5 Å². The fraction of sp³-hybridized carbons (Fsp3) is 0.682. The minimum Gasteiger partial charge on any atom is -0.355 e. The fourth-order valence-electron chi connectivity index (χ4n) is 3.80. The van der Waals surface area contributed by atoms with E-state index in [2.05, 4.69) is 24.1 Å². The standard InChI is InChI=1S/C22H37N3O3S/c1-4-6-14-24(15-7-5-2)16-10-13-23-22(26)21-17-19-11-8-9-12-20(19)18-25(21)29(3,27)28/h8-9,11-12,21H,4-7,10,13-18H2,1-3H3,(H,23,26). The summed E-state index contributed by atoms with van der Waals surface area (Å²) in [5, 5.41) is 2.98. The van der Waals surface area contributed by atoms with Gasteiger partial charge in [0.05, 0.1) is 6.26 Å². The Hall–Kier alpha value is -1.44. The summed E-state index contributed by atoms with van der Waals surface area (Å²) in [5.41, 5.74) is 2.03. The lowest BCUT2D eigenvalue weighted by Gasteiger charge is -2.34. The van der Waals surface area contributed by atoms with Crippen LogP contribution in [0.1, 0.15) is 57.1 Å². The molecule has 0 fully saturated rings. The van der Waals surface area contributed by atoms with Gasteiger partial charge in [-0.3, -0.25) is 4.79 Å². The third-order valence-corrected chi connectivity index (χ3v) is 6.78. The summed E-state index contributed by atoms with van der Waals surface area (Å²) in [4.78, 5) is 15.3. The van der Waals surface area contributed by atoms with Gasteiger partial charge in [-0.25, -0.2) is 8.42 Å². The molecule has 7 heteroatoms. The fourth-order valence-corrected chi connectivity index (χ4v) is 4.81. The first-order valence-electron chi connectivity index (χ1n) is 10.9. The highest BCUT2D eigenvalue weighted by Crippen LogP contribution is 2.25. The van der Waals surface area contributed by atoms with Crippen molar-refractivity contribution in [1.29, 1.82) is 0 Å². The van der Waals surface area contributed by atoms with Crippen LogP contribution in [0.25, 0.3) is 0 Å². The minimum atomic E-state index is -3.46. The van der Waals surface area contributed by atoms with Gasteiger partial charge in [0.1, 0.15) is 6.04 Å². The molecule has 0 aliphatic carbocycles. The lowest BCUT2D eigenvalue weighted by Crippen LogP contribution is -2.52. The van der Waals surface area contributed by atoms with E-state index in [1.165, 1.54) is 36.2 Å². The van der Waals surface area contributed by atoms with Crippen molar-refractivity contribution in [3.8, 4) is 0 Å². The van der Waals surface area contributed by atoms with Crippen LogP contribution in [0.3, 0.4) is 0 Å². The molecule has 29 heavy (non-hydrogen) atoms. The van der Waals surface area contributed by atoms with Crippen molar-refractivity contribution in [2.45, 2.75) is 65.0 Å². The summed E-state index contributed by atoms with van der Waals surface area (Å²) >= 11 is 0. The highest BCUT2D eigenvalue weighted by Gasteiger charge is 2.36. The SMILES string of the molecule is CCCCN(CCCC)CCCNC(=O)C1Cc2ccccc2CN1S(C)(=O)=O. The van der Waals surface area contributed by atoms with Crippen molar-refractivity contribution in [3.63, 3.8) is 0 Å². The van der Waals surface area contributed by atoms with E-state index >= 15 is 0 Å². The van der Waals surface area contributed by atoms with Crippen molar-refractivity contribution in [2.75, 3.05) is 32.4 Å². The molecule has 1 aliphatic rings. The van der Waals surface area contributed by atoms with Gasteiger partial charge in [0.2, 0.25) is 15.9 Å². The monoisotopic (exact) mass is 423 g/mol. The van der Waals surface area contributed by atoms with Crippen molar-refractivity contribution in [2.24, 2.45) is 0 Å². The maximum Gasteiger partial charge on any atom is 0.238 e. The van der Waals surface area contributed by atoms with Gasteiger partial charge in [-0.15, -0.1) is 0 Å². The number of amides is 1. The van der Waals surface area contributed by atoms with E-state index in [1.807, 2.05) is 24.3 Å². The van der Waals surface area contributed by atoms with E-state index in [0.29, 0.717) is 13.0 Å². The number of fused-ring (bicyclic) bond motifs is 1. The highest BCUT2D eigenvalue weighted by atomic mass is 32.2. The summed E-state index contributed by atoms with van der Waals surface area (Å²) in [6.07, 6.45) is 7.24. The molecule has 1 aliphatic heterocycles. The molecule has 0 radical (unpaired) electrons. The predicted molar refractivity (Wildman–Crippen MR) is 118 cm³/mol. The Balaban J connectivity index is 1.91. The van der Waals surface area contributed by atoms with E-state index in [0.717, 1.165) is 37.2 Å². The number of nitrogens with zero attached hydrogens (tertiary/aromatic N) is 2. The second-order valence-electron chi connectivity index (χ2n) is 7.99. The number of carbonyl (C=O) groups excluding carboxylic acids is 1. The van der Waals surface area contributed by atoms with Gasteiger partial charge in [0.25, 0.3) is 0 Å². The molecule has 0 spiro atoms. The number of nitrogens with one attached hydrogen (secondary N) is 1. The average Bonchev–Trinajstić information content (AvgIpc) is 2.70. The number of benzene rings is 1. The smallest absolute Gasteiger partial charge is 0.238 e. The zero-order valence-electron chi connectivity index (χ0n) is 18.2. The van der Waals surface area contributed by atoms with Crippen molar-refractivity contribution in [3.05, 3.63) is 35.4 Å². The summed E-state index contributed by atoms with van der Waals surface area (Å²) in [7, 11) is -3.46. The zero-order chi connectivity index (χ0) is 21.3. The van der Waals surface area contributed by atoms with Gasteiger partial charge >= 0.3 is 0 Å². The van der Waals surface area contributed by atoms with E-state index in [9.17, 15) is 13.2 Å². The van der Waals surface area contributed by atoms with Crippen LogP contribution in [0.4, 0.5) is 0 Å². The van der Waals surface area contributed by atoms with Crippen molar-refractivity contribution in [1.82, 2.24) is 14.5 Å². The molecule has 1 aromatic carbocycles. The van der Waals surface area contributed by atoms with Gasteiger partial charge in [-0.05, 0) is 56.4 Å². The van der Waals surface area contributed by atoms with Crippen LogP contribution in [-0.4, -0.2) is 62.0 Å². The highest BCUT2D eigenvalue weighted by molar-refractivity contribution is 7.88. The lowest BCUT2D eigenvalue weighted by atomic mass is 9.95. The Morgan fingerprint density at radius 2 is 1.66 bits per heavy atom. The Morgan fingerprint density at radius 3 is 2.24 bits per heavy atom. The van der Waals surface area contributed by atoms with Crippen molar-refractivity contribution < 1.29 is 13.2 Å². The first-order chi connectivity index (χ1) is 13.9. The summed E-state index contributed by atoms with van der Waals surface area (Å²) < 4.78 is 25.9. The first-order valence-corrected chi connectivity index (χ1v) is 12.7. The van der Waals surface area contributed by atoms with Crippen LogP contribution in [0.5, 0.6) is 0 Å². The number of hydrogen-bond acceptors (Lipinski definition) is 4. The Morgan fingerprint density at radius 1 is 1.07 bits per heavy atom. The second-order valence-corrected chi connectivity index (χ2v) is 9.93. The molecule has 0 saturated heterocycles. The quantitative estimate of drug-likeness (QED) is 0.525. The van der Waals surface area contributed by atoms with Gasteiger partial charge in [-0.1, -0.05) is 51.0 Å². The van der Waals surface area contributed by atoms with Crippen LogP contribution < -0.4 is 5.32 Å². The van der Waals surface area contributed by atoms with E-state index < -0.39 is 16.1 Å². The summed E-state index contributed by atoms with van der Waals surface area (Å²) in [6, 6.07) is 7.08. The molecule has 1 atom stereocenters. The Labute approximate surface area is 176 Å². The molecule has 1 amide bonds. The number of unbranched alkanes of at least 4 members (excludes halogenated alkanes) is 2. The van der Waals surface area contributed by atoms with Gasteiger partial charge in [0, 0.05) is 13.1 Å². The van der Waals surface area contributed by atoms with Crippen LogP contribution in [0.15, 0.2) is 24.3 Å². The molecule has 0 saturated carbocycles. The van der Waals surface area contributed by atoms with Crippen LogP contribution in [0.2, 0.25) is 0 Å². The molecule has 1 aromatic rings. The van der Waals surface area contributed by atoms with Gasteiger partial charge in [-0.2, -0.15) is 4.31 Å². The van der Waals surface area contributed by atoms with Gasteiger partial charge < -0.3 is 10.2 Å². The Bertz CT molecular complexity index is 743. The number of rotatable bonds is 12.